The van der Waals surface area contributed by atoms with Crippen molar-refractivity contribution in [1.82, 2.24) is 25.2 Å². The maximum atomic E-state index is 13.6. The van der Waals surface area contributed by atoms with Gasteiger partial charge in [0.15, 0.2) is 0 Å². The van der Waals surface area contributed by atoms with Crippen molar-refractivity contribution >= 4 is 23.5 Å². The molecule has 1 atom stereocenters. The lowest BCUT2D eigenvalue weighted by Gasteiger charge is -2.37. The maximum Gasteiger partial charge on any atom is 0.252 e. The number of nitrogens with one attached hydrogen (secondary N) is 1. The molecule has 2 aromatic heterocycles. The molecule has 0 spiro atoms. The van der Waals surface area contributed by atoms with Crippen LogP contribution in [-0.2, 0) is 0 Å². The average Bonchev–Trinajstić information content (AvgIpc) is 3.41. The molecule has 2 aliphatic heterocycles. The number of halogens is 1. The summed E-state index contributed by atoms with van der Waals surface area (Å²) in [6.45, 7) is 9.89. The number of amides is 1. The largest absolute Gasteiger partial charge is 0.353 e. The number of aromatic nitrogens is 3. The number of pyridine rings is 1. The smallest absolute Gasteiger partial charge is 0.252 e. The van der Waals surface area contributed by atoms with Crippen molar-refractivity contribution in [3.8, 4) is 11.3 Å². The quantitative estimate of drug-likeness (QED) is 0.394. The highest BCUT2D eigenvalue weighted by molar-refractivity contribution is 5.94. The number of nitrogens with zero attached hydrogens (tertiary/aromatic N) is 7. The van der Waals surface area contributed by atoms with E-state index < -0.39 is 0 Å². The molecule has 1 N–H and O–H groups in total. The number of carbonyl (C=O) groups is 1. The molecule has 0 aliphatic carbocycles. The van der Waals surface area contributed by atoms with Gasteiger partial charge in [-0.25, -0.2) is 14.4 Å². The third-order valence-electron chi connectivity index (χ3n) is 7.93. The van der Waals surface area contributed by atoms with Crippen LogP contribution in [-0.4, -0.2) is 91.7 Å². The van der Waals surface area contributed by atoms with Gasteiger partial charge in [0, 0.05) is 63.1 Å². The topological polar surface area (TPSA) is 80.7 Å². The molecule has 2 fully saturated rings. The maximum absolute atomic E-state index is 13.6. The van der Waals surface area contributed by atoms with Gasteiger partial charge in [-0.3, -0.25) is 4.79 Å². The Kier molecular flexibility index (Phi) is 8.97. The van der Waals surface area contributed by atoms with Gasteiger partial charge in [0.1, 0.15) is 17.5 Å². The lowest BCUT2D eigenvalue weighted by atomic mass is 10.1. The van der Waals surface area contributed by atoms with Gasteiger partial charge < -0.3 is 24.9 Å². The standard InChI is InChI=1S/C31H41FN8O/c1-22-19-25(30(41)33-12-6-13-37(3)4)21-34-29(22)39-17-15-38(16-18-39)28-20-27(24-8-10-26(32)11-9-24)35-31(36-28)40-14-5-7-23(40)2/h8-11,19-21,23H,5-7,12-18H2,1-4H3,(H,33,41). The fourth-order valence-electron chi connectivity index (χ4n) is 5.58. The Morgan fingerprint density at radius 3 is 2.44 bits per heavy atom. The monoisotopic (exact) mass is 560 g/mol. The predicted molar refractivity (Wildman–Crippen MR) is 162 cm³/mol. The fraction of sp³-hybridized carbons (Fsp3) is 0.484. The highest BCUT2D eigenvalue weighted by atomic mass is 19.1. The minimum atomic E-state index is -0.259. The van der Waals surface area contributed by atoms with E-state index in [1.54, 1.807) is 18.3 Å². The lowest BCUT2D eigenvalue weighted by molar-refractivity contribution is 0.0952. The molecule has 9 nitrogen and oxygen atoms in total. The van der Waals surface area contributed by atoms with Crippen LogP contribution in [0.5, 0.6) is 0 Å². The van der Waals surface area contributed by atoms with Crippen molar-refractivity contribution in [1.29, 1.82) is 0 Å². The van der Waals surface area contributed by atoms with Crippen LogP contribution < -0.4 is 20.0 Å². The number of aryl methyl sites for hydroxylation is 1. The van der Waals surface area contributed by atoms with Crippen LogP contribution in [0.1, 0.15) is 42.1 Å². The van der Waals surface area contributed by atoms with Crippen molar-refractivity contribution in [2.75, 3.05) is 74.6 Å². The molecule has 5 rings (SSSR count). The van der Waals surface area contributed by atoms with E-state index in [1.165, 1.54) is 12.1 Å². The average molecular weight is 561 g/mol. The third-order valence-corrected chi connectivity index (χ3v) is 7.93. The SMILES string of the molecule is Cc1cc(C(=O)NCCCN(C)C)cnc1N1CCN(c2cc(-c3ccc(F)cc3)nc(N3CCCC3C)n2)CC1. The molecule has 1 amide bonds. The summed E-state index contributed by atoms with van der Waals surface area (Å²) in [4.78, 5) is 36.1. The van der Waals surface area contributed by atoms with Gasteiger partial charge >= 0.3 is 0 Å². The summed E-state index contributed by atoms with van der Waals surface area (Å²) in [5, 5.41) is 2.99. The summed E-state index contributed by atoms with van der Waals surface area (Å²) in [7, 11) is 4.05. The van der Waals surface area contributed by atoms with Gasteiger partial charge in [-0.1, -0.05) is 0 Å². The van der Waals surface area contributed by atoms with Crippen molar-refractivity contribution in [3.63, 3.8) is 0 Å². The second kappa shape index (κ2) is 12.8. The molecule has 0 radical (unpaired) electrons. The van der Waals surface area contributed by atoms with Crippen LogP contribution in [0.4, 0.5) is 22.0 Å². The van der Waals surface area contributed by atoms with Crippen LogP contribution in [0.2, 0.25) is 0 Å². The summed E-state index contributed by atoms with van der Waals surface area (Å²) >= 11 is 0. The molecule has 0 bridgehead atoms. The van der Waals surface area contributed by atoms with Crippen LogP contribution in [0.15, 0.2) is 42.6 Å². The minimum absolute atomic E-state index is 0.0837. The Morgan fingerprint density at radius 1 is 1.05 bits per heavy atom. The summed E-state index contributed by atoms with van der Waals surface area (Å²) < 4.78 is 13.6. The van der Waals surface area contributed by atoms with Crippen molar-refractivity contribution in [2.45, 2.75) is 39.2 Å². The Hall–Kier alpha value is -3.79. The van der Waals surface area contributed by atoms with Crippen LogP contribution >= 0.6 is 0 Å². The van der Waals surface area contributed by atoms with E-state index in [1.807, 2.05) is 33.2 Å². The zero-order valence-electron chi connectivity index (χ0n) is 24.6. The summed E-state index contributed by atoms with van der Waals surface area (Å²) in [6.07, 6.45) is 4.84. The Morgan fingerprint density at radius 2 is 1.78 bits per heavy atom. The summed E-state index contributed by atoms with van der Waals surface area (Å²) in [5.41, 5.74) is 3.26. The van der Waals surface area contributed by atoms with Crippen LogP contribution in [0, 0.1) is 12.7 Å². The predicted octanol–water partition coefficient (Wildman–Crippen LogP) is 3.98. The van der Waals surface area contributed by atoms with Crippen molar-refractivity contribution in [2.24, 2.45) is 0 Å². The van der Waals surface area contributed by atoms with E-state index in [-0.39, 0.29) is 11.7 Å². The fourth-order valence-corrected chi connectivity index (χ4v) is 5.58. The summed E-state index contributed by atoms with van der Waals surface area (Å²) in [5.74, 6) is 2.20. The van der Waals surface area contributed by atoms with Gasteiger partial charge in [-0.2, -0.15) is 4.98 Å². The molecule has 0 saturated carbocycles. The highest BCUT2D eigenvalue weighted by Gasteiger charge is 2.26. The van der Waals surface area contributed by atoms with E-state index in [0.717, 1.165) is 92.9 Å². The molecule has 2 saturated heterocycles. The lowest BCUT2D eigenvalue weighted by Crippen LogP contribution is -2.47. The number of benzene rings is 1. The molecular formula is C31H41FN8O. The number of carbonyl (C=O) groups excluding carboxylic acids is 1. The van der Waals surface area contributed by atoms with Gasteiger partial charge in [0.2, 0.25) is 5.95 Å². The van der Waals surface area contributed by atoms with Crippen molar-refractivity contribution < 1.29 is 9.18 Å². The number of rotatable bonds is 9. The first-order valence-electron chi connectivity index (χ1n) is 14.6. The first-order valence-corrected chi connectivity index (χ1v) is 14.6. The zero-order valence-corrected chi connectivity index (χ0v) is 24.6. The Balaban J connectivity index is 1.28. The molecule has 4 heterocycles. The second-order valence-electron chi connectivity index (χ2n) is 11.4. The molecule has 2 aliphatic rings. The van der Waals surface area contributed by atoms with E-state index in [2.05, 4.69) is 36.8 Å². The molecule has 41 heavy (non-hydrogen) atoms. The molecular weight excluding hydrogens is 519 g/mol. The Bertz CT molecular complexity index is 1340. The van der Waals surface area contributed by atoms with Crippen LogP contribution in [0.25, 0.3) is 11.3 Å². The molecule has 10 heteroatoms. The molecule has 3 aromatic rings. The van der Waals surface area contributed by atoms with Crippen LogP contribution in [0.3, 0.4) is 0 Å². The zero-order chi connectivity index (χ0) is 28.9. The molecule has 1 unspecified atom stereocenters. The normalized spacial score (nSPS) is 17.4. The van der Waals surface area contributed by atoms with Gasteiger partial charge in [0.05, 0.1) is 11.3 Å². The van der Waals surface area contributed by atoms with E-state index in [9.17, 15) is 9.18 Å². The highest BCUT2D eigenvalue weighted by Crippen LogP contribution is 2.30. The molecule has 218 valence electrons. The Labute approximate surface area is 242 Å². The first kappa shape index (κ1) is 28.7. The number of piperazine rings is 1. The molecule has 1 aromatic carbocycles. The van der Waals surface area contributed by atoms with Crippen molar-refractivity contribution in [3.05, 3.63) is 59.5 Å². The summed E-state index contributed by atoms with van der Waals surface area (Å²) in [6, 6.07) is 10.8. The van der Waals surface area contributed by atoms with Gasteiger partial charge in [0.25, 0.3) is 5.91 Å². The number of anilines is 3. The number of hydrogen-bond acceptors (Lipinski definition) is 8. The van der Waals surface area contributed by atoms with Gasteiger partial charge in [-0.15, -0.1) is 0 Å². The first-order chi connectivity index (χ1) is 19.8. The van der Waals surface area contributed by atoms with E-state index in [0.29, 0.717) is 18.2 Å². The van der Waals surface area contributed by atoms with E-state index >= 15 is 0 Å². The number of hydrogen-bond donors (Lipinski definition) is 1. The third kappa shape index (κ3) is 6.93. The minimum Gasteiger partial charge on any atom is -0.353 e. The van der Waals surface area contributed by atoms with Gasteiger partial charge in [-0.05, 0) is 89.6 Å². The van der Waals surface area contributed by atoms with E-state index in [4.69, 9.17) is 9.97 Å². The second-order valence-corrected chi connectivity index (χ2v) is 11.4.